The lowest BCUT2D eigenvalue weighted by Gasteiger charge is -2.32. The monoisotopic (exact) mass is 502 g/mol. The number of carbonyl (C=O) groups is 1. The first-order valence-electron chi connectivity index (χ1n) is 12.9. The van der Waals surface area contributed by atoms with E-state index in [2.05, 4.69) is 15.2 Å². The smallest absolute Gasteiger partial charge is 0.248 e. The van der Waals surface area contributed by atoms with Gasteiger partial charge in [0.15, 0.2) is 0 Å². The van der Waals surface area contributed by atoms with Gasteiger partial charge >= 0.3 is 0 Å². The average Bonchev–Trinajstić information content (AvgIpc) is 2.90. The molecule has 1 amide bonds. The first-order chi connectivity index (χ1) is 17.9. The molecule has 194 valence electrons. The lowest BCUT2D eigenvalue weighted by Crippen LogP contribution is -2.45. The highest BCUT2D eigenvalue weighted by Crippen LogP contribution is 2.27. The van der Waals surface area contributed by atoms with Crippen molar-refractivity contribution in [3.05, 3.63) is 88.7 Å². The number of piperidine rings is 1. The van der Waals surface area contributed by atoms with E-state index in [4.69, 9.17) is 10.5 Å². The Morgan fingerprint density at radius 2 is 1.89 bits per heavy atom. The molecule has 1 fully saturated rings. The van der Waals surface area contributed by atoms with Crippen molar-refractivity contribution in [3.8, 4) is 11.5 Å². The minimum Gasteiger partial charge on any atom is -0.508 e. The summed E-state index contributed by atoms with van der Waals surface area (Å²) in [5.74, 6) is 0.412. The van der Waals surface area contributed by atoms with Crippen LogP contribution < -0.4 is 15.8 Å². The Kier molecular flexibility index (Phi) is 7.69. The molecule has 8 nitrogen and oxygen atoms in total. The van der Waals surface area contributed by atoms with Crippen molar-refractivity contribution in [2.24, 2.45) is 5.73 Å². The number of pyridine rings is 1. The van der Waals surface area contributed by atoms with E-state index in [-0.39, 0.29) is 24.3 Å². The van der Waals surface area contributed by atoms with E-state index in [1.807, 2.05) is 36.7 Å². The zero-order valence-corrected chi connectivity index (χ0v) is 20.8. The first kappa shape index (κ1) is 25.2. The summed E-state index contributed by atoms with van der Waals surface area (Å²) in [5, 5.41) is 24.1. The first-order valence-corrected chi connectivity index (χ1v) is 12.9. The molecule has 3 aromatic rings. The second-order valence-corrected chi connectivity index (χ2v) is 10.0. The van der Waals surface area contributed by atoms with E-state index >= 15 is 0 Å². The van der Waals surface area contributed by atoms with Gasteiger partial charge in [0.25, 0.3) is 0 Å². The zero-order chi connectivity index (χ0) is 25.8. The average molecular weight is 503 g/mol. The van der Waals surface area contributed by atoms with Gasteiger partial charge in [0.05, 0.1) is 6.10 Å². The van der Waals surface area contributed by atoms with Crippen LogP contribution in [0.3, 0.4) is 0 Å². The number of nitrogens with one attached hydrogen (secondary N) is 1. The Hall–Kier alpha value is -3.46. The number of nitrogens with zero attached hydrogens (tertiary/aromatic N) is 2. The fraction of sp³-hybridized carbons (Fsp3) is 0.379. The van der Waals surface area contributed by atoms with Crippen LogP contribution in [0.4, 0.5) is 0 Å². The van der Waals surface area contributed by atoms with Crippen molar-refractivity contribution in [3.63, 3.8) is 0 Å². The van der Waals surface area contributed by atoms with Crippen molar-refractivity contribution >= 4 is 5.91 Å². The SMILES string of the molecule is NC(=O)c1ccc(OC2CCN(Cc3ccncc3)CC2)cc1C[C@@H](O)[C@@H]1Cc2ccc(O)cc2CN1. The van der Waals surface area contributed by atoms with Crippen LogP contribution in [0, 0.1) is 0 Å². The molecule has 0 bridgehead atoms. The minimum absolute atomic E-state index is 0.0961. The van der Waals surface area contributed by atoms with Gasteiger partial charge < -0.3 is 26.0 Å². The molecule has 2 aliphatic heterocycles. The van der Waals surface area contributed by atoms with Gasteiger partial charge in [-0.05, 0) is 84.0 Å². The number of aliphatic hydroxyl groups is 1. The number of likely N-dealkylation sites (tertiary alicyclic amines) is 1. The number of phenols is 1. The quantitative estimate of drug-likeness (QED) is 0.374. The third-order valence-corrected chi connectivity index (χ3v) is 7.41. The summed E-state index contributed by atoms with van der Waals surface area (Å²) in [6.07, 6.45) is 5.78. The number of ether oxygens (including phenoxy) is 1. The third-order valence-electron chi connectivity index (χ3n) is 7.41. The van der Waals surface area contributed by atoms with E-state index in [0.717, 1.165) is 43.6 Å². The number of aliphatic hydroxyl groups excluding tert-OH is 1. The van der Waals surface area contributed by atoms with Gasteiger partial charge in [-0.3, -0.25) is 14.7 Å². The lowest BCUT2D eigenvalue weighted by atomic mass is 9.89. The van der Waals surface area contributed by atoms with E-state index in [1.165, 1.54) is 5.56 Å². The summed E-state index contributed by atoms with van der Waals surface area (Å²) in [6, 6.07) is 14.6. The molecule has 8 heteroatoms. The van der Waals surface area contributed by atoms with Crippen molar-refractivity contribution < 1.29 is 19.7 Å². The van der Waals surface area contributed by atoms with E-state index in [1.54, 1.807) is 24.3 Å². The zero-order valence-electron chi connectivity index (χ0n) is 20.8. The van der Waals surface area contributed by atoms with Crippen LogP contribution in [-0.4, -0.2) is 57.3 Å². The standard InChI is InChI=1S/C29H34N4O4/c30-29(36)26-4-3-25(37-24-7-11-33(12-8-24)18-19-5-9-31-10-6-19)14-21(26)16-28(35)27-15-20-1-2-23(34)13-22(20)17-32-27/h1-6,9-10,13-14,24,27-28,32,34-35H,7-8,11-12,15-18H2,(H2,30,36)/t27-,28+/m0/s1. The Balaban J connectivity index is 1.21. The van der Waals surface area contributed by atoms with E-state index < -0.39 is 12.0 Å². The van der Waals surface area contributed by atoms with E-state index in [0.29, 0.717) is 29.8 Å². The van der Waals surface area contributed by atoms with Gasteiger partial charge in [0.1, 0.15) is 17.6 Å². The predicted molar refractivity (Wildman–Crippen MR) is 140 cm³/mol. The van der Waals surface area contributed by atoms with Crippen LogP contribution in [0.5, 0.6) is 11.5 Å². The summed E-state index contributed by atoms with van der Waals surface area (Å²) >= 11 is 0. The third kappa shape index (κ3) is 6.28. The molecule has 5 N–H and O–H groups in total. The van der Waals surface area contributed by atoms with Crippen LogP contribution in [0.25, 0.3) is 0 Å². The molecule has 3 heterocycles. The number of aromatic hydroxyl groups is 1. The molecule has 0 radical (unpaired) electrons. The Bertz CT molecular complexity index is 1230. The summed E-state index contributed by atoms with van der Waals surface area (Å²) in [4.78, 5) is 18.6. The second kappa shape index (κ2) is 11.3. The van der Waals surface area contributed by atoms with Gasteiger partial charge in [0.2, 0.25) is 5.91 Å². The summed E-state index contributed by atoms with van der Waals surface area (Å²) < 4.78 is 6.30. The maximum Gasteiger partial charge on any atom is 0.248 e. The molecule has 37 heavy (non-hydrogen) atoms. The number of nitrogens with two attached hydrogens (primary N) is 1. The van der Waals surface area contributed by atoms with Gasteiger partial charge in [-0.1, -0.05) is 6.07 Å². The molecule has 2 atom stereocenters. The largest absolute Gasteiger partial charge is 0.508 e. The Labute approximate surface area is 217 Å². The molecule has 1 aromatic heterocycles. The molecular weight excluding hydrogens is 468 g/mol. The summed E-state index contributed by atoms with van der Waals surface area (Å²) in [7, 11) is 0. The van der Waals surface area contributed by atoms with Gasteiger partial charge in [-0.15, -0.1) is 0 Å². The van der Waals surface area contributed by atoms with Crippen molar-refractivity contribution in [2.75, 3.05) is 13.1 Å². The summed E-state index contributed by atoms with van der Waals surface area (Å²) in [5.41, 5.74) is 10.1. The maximum absolute atomic E-state index is 12.1. The molecule has 2 aliphatic rings. The number of aromatic nitrogens is 1. The van der Waals surface area contributed by atoms with Crippen LogP contribution in [0.15, 0.2) is 60.9 Å². The van der Waals surface area contributed by atoms with Crippen LogP contribution in [-0.2, 0) is 25.9 Å². The van der Waals surface area contributed by atoms with Crippen LogP contribution >= 0.6 is 0 Å². The number of amides is 1. The number of hydrogen-bond acceptors (Lipinski definition) is 7. The number of carbonyl (C=O) groups excluding carboxylic acids is 1. The normalized spacial score (nSPS) is 19.2. The molecule has 5 rings (SSSR count). The minimum atomic E-state index is -0.716. The second-order valence-electron chi connectivity index (χ2n) is 10.0. The molecular formula is C29H34N4O4. The molecule has 0 spiro atoms. The number of phenolic OH excluding ortho intramolecular Hbond substituents is 1. The number of primary amides is 1. The number of fused-ring (bicyclic) bond motifs is 1. The van der Waals surface area contributed by atoms with Crippen molar-refractivity contribution in [2.45, 2.75) is 57.0 Å². The fourth-order valence-electron chi connectivity index (χ4n) is 5.34. The number of rotatable bonds is 8. The van der Waals surface area contributed by atoms with Crippen LogP contribution in [0.2, 0.25) is 0 Å². The fourth-order valence-corrected chi connectivity index (χ4v) is 5.34. The highest BCUT2D eigenvalue weighted by Gasteiger charge is 2.27. The van der Waals surface area contributed by atoms with Gasteiger partial charge in [-0.2, -0.15) is 0 Å². The number of hydrogen-bond donors (Lipinski definition) is 4. The molecule has 0 saturated carbocycles. The van der Waals surface area contributed by atoms with Crippen molar-refractivity contribution in [1.82, 2.24) is 15.2 Å². The van der Waals surface area contributed by atoms with Gasteiger partial charge in [-0.25, -0.2) is 0 Å². The molecule has 0 aliphatic carbocycles. The maximum atomic E-state index is 12.1. The Morgan fingerprint density at radius 3 is 2.65 bits per heavy atom. The van der Waals surface area contributed by atoms with Gasteiger partial charge in [0, 0.05) is 56.6 Å². The lowest BCUT2D eigenvalue weighted by molar-refractivity contribution is 0.0961. The number of benzene rings is 2. The van der Waals surface area contributed by atoms with E-state index in [9.17, 15) is 15.0 Å². The molecule has 2 aromatic carbocycles. The topological polar surface area (TPSA) is 121 Å². The Morgan fingerprint density at radius 1 is 1.11 bits per heavy atom. The summed E-state index contributed by atoms with van der Waals surface area (Å²) in [6.45, 7) is 3.37. The highest BCUT2D eigenvalue weighted by molar-refractivity contribution is 5.94. The predicted octanol–water partition coefficient (Wildman–Crippen LogP) is 2.55. The van der Waals surface area contributed by atoms with Crippen molar-refractivity contribution in [1.29, 1.82) is 0 Å². The molecule has 0 unspecified atom stereocenters. The molecule has 1 saturated heterocycles. The highest BCUT2D eigenvalue weighted by atomic mass is 16.5. The van der Waals surface area contributed by atoms with Crippen LogP contribution in [0.1, 0.15) is 45.5 Å².